The van der Waals surface area contributed by atoms with Gasteiger partial charge in [0, 0.05) is 17.1 Å². The highest BCUT2D eigenvalue weighted by Crippen LogP contribution is 2.22. The molecule has 1 atom stereocenters. The smallest absolute Gasteiger partial charge is 0.255 e. The summed E-state index contributed by atoms with van der Waals surface area (Å²) in [6, 6.07) is 6.40. The molecule has 2 aromatic rings. The molecule has 0 aliphatic carbocycles. The van der Waals surface area contributed by atoms with E-state index in [0.717, 1.165) is 0 Å². The maximum atomic E-state index is 12.1. The fourth-order valence-corrected chi connectivity index (χ4v) is 1.90. The number of amides is 1. The number of ether oxygens (including phenoxy) is 1. The summed E-state index contributed by atoms with van der Waals surface area (Å²) in [7, 11) is 1.47. The Morgan fingerprint density at radius 2 is 2.30 bits per heavy atom. The van der Waals surface area contributed by atoms with E-state index >= 15 is 0 Å². The van der Waals surface area contributed by atoms with Crippen LogP contribution in [0.3, 0.4) is 0 Å². The van der Waals surface area contributed by atoms with Gasteiger partial charge < -0.3 is 19.6 Å². The summed E-state index contributed by atoms with van der Waals surface area (Å²) in [5, 5.41) is 12.9. The Kier molecular flexibility index (Phi) is 4.65. The normalized spacial score (nSPS) is 11.9. The van der Waals surface area contributed by atoms with Crippen LogP contribution in [0, 0.1) is 0 Å². The van der Waals surface area contributed by atoms with Crippen LogP contribution in [0.4, 0.5) is 0 Å². The fraction of sp³-hybridized carbons (Fsp3) is 0.214. The molecule has 0 aliphatic heterocycles. The van der Waals surface area contributed by atoms with Crippen molar-refractivity contribution in [2.45, 2.75) is 6.10 Å². The lowest BCUT2D eigenvalue weighted by atomic mass is 10.1. The number of hydrogen-bond donors (Lipinski definition) is 2. The van der Waals surface area contributed by atoms with Gasteiger partial charge >= 0.3 is 0 Å². The summed E-state index contributed by atoms with van der Waals surface area (Å²) in [5.74, 6) is 0.0524. The van der Waals surface area contributed by atoms with E-state index in [-0.39, 0.29) is 12.5 Å². The van der Waals surface area contributed by atoms with Crippen LogP contribution in [0.25, 0.3) is 0 Å². The average molecular weight is 296 g/mol. The van der Waals surface area contributed by atoms with Crippen LogP contribution >= 0.6 is 11.6 Å². The van der Waals surface area contributed by atoms with Crippen LogP contribution < -0.4 is 10.1 Å². The fourth-order valence-electron chi connectivity index (χ4n) is 1.72. The quantitative estimate of drug-likeness (QED) is 0.888. The van der Waals surface area contributed by atoms with Gasteiger partial charge in [0.2, 0.25) is 0 Å². The standard InChI is InChI=1S/C14H14ClNO4/c1-19-13-3-2-10(15)6-11(13)14(18)16-7-12(17)9-4-5-20-8-9/h2-6,8,12,17H,7H2,1H3,(H,16,18)/t12-/m0/s1. The predicted octanol–water partition coefficient (Wildman–Crippen LogP) is 2.41. The van der Waals surface area contributed by atoms with Crippen molar-refractivity contribution < 1.29 is 19.1 Å². The molecular formula is C14H14ClNO4. The number of hydrogen-bond acceptors (Lipinski definition) is 4. The number of rotatable bonds is 5. The van der Waals surface area contributed by atoms with E-state index in [2.05, 4.69) is 5.32 Å². The van der Waals surface area contributed by atoms with Crippen LogP contribution in [0.15, 0.2) is 41.2 Å². The number of carbonyl (C=O) groups is 1. The molecule has 2 rings (SSSR count). The van der Waals surface area contributed by atoms with E-state index in [1.54, 1.807) is 18.2 Å². The van der Waals surface area contributed by atoms with Gasteiger partial charge in [-0.05, 0) is 24.3 Å². The molecule has 106 valence electrons. The molecule has 6 heteroatoms. The average Bonchev–Trinajstić information content (AvgIpc) is 2.98. The second-order valence-electron chi connectivity index (χ2n) is 4.13. The summed E-state index contributed by atoms with van der Waals surface area (Å²) in [6.45, 7) is 0.0635. The molecule has 2 N–H and O–H groups in total. The van der Waals surface area contributed by atoms with Gasteiger partial charge in [-0.15, -0.1) is 0 Å². The molecule has 1 amide bonds. The maximum Gasteiger partial charge on any atom is 0.255 e. The number of benzene rings is 1. The lowest BCUT2D eigenvalue weighted by Crippen LogP contribution is -2.28. The number of furan rings is 1. The number of carbonyl (C=O) groups excluding carboxylic acids is 1. The topological polar surface area (TPSA) is 71.7 Å². The number of methoxy groups -OCH3 is 1. The molecule has 0 unspecified atom stereocenters. The zero-order valence-electron chi connectivity index (χ0n) is 10.8. The van der Waals surface area contributed by atoms with Gasteiger partial charge in [0.25, 0.3) is 5.91 Å². The minimum atomic E-state index is -0.831. The highest BCUT2D eigenvalue weighted by molar-refractivity contribution is 6.31. The van der Waals surface area contributed by atoms with Crippen molar-refractivity contribution in [2.75, 3.05) is 13.7 Å². The van der Waals surface area contributed by atoms with Crippen molar-refractivity contribution in [3.8, 4) is 5.75 Å². The van der Waals surface area contributed by atoms with Crippen LogP contribution in [0.5, 0.6) is 5.75 Å². The first kappa shape index (κ1) is 14.4. The molecular weight excluding hydrogens is 282 g/mol. The zero-order valence-corrected chi connectivity index (χ0v) is 11.6. The van der Waals surface area contributed by atoms with Crippen molar-refractivity contribution >= 4 is 17.5 Å². The largest absolute Gasteiger partial charge is 0.496 e. The Morgan fingerprint density at radius 1 is 1.50 bits per heavy atom. The van der Waals surface area contributed by atoms with E-state index in [4.69, 9.17) is 20.8 Å². The summed E-state index contributed by atoms with van der Waals surface area (Å²) >= 11 is 5.86. The van der Waals surface area contributed by atoms with E-state index < -0.39 is 6.10 Å². The van der Waals surface area contributed by atoms with Crippen LogP contribution in [-0.2, 0) is 0 Å². The van der Waals surface area contributed by atoms with E-state index in [1.807, 2.05) is 0 Å². The van der Waals surface area contributed by atoms with Gasteiger partial charge in [-0.3, -0.25) is 4.79 Å². The Bertz CT molecular complexity index is 583. The van der Waals surface area contributed by atoms with Crippen molar-refractivity contribution in [1.29, 1.82) is 0 Å². The van der Waals surface area contributed by atoms with Gasteiger partial charge in [0.1, 0.15) is 5.75 Å². The Balaban J connectivity index is 2.03. The summed E-state index contributed by atoms with van der Waals surface area (Å²) in [4.78, 5) is 12.1. The SMILES string of the molecule is COc1ccc(Cl)cc1C(=O)NC[C@H](O)c1ccoc1. The molecule has 0 bridgehead atoms. The minimum absolute atomic E-state index is 0.0635. The summed E-state index contributed by atoms with van der Waals surface area (Å²) in [5.41, 5.74) is 0.919. The van der Waals surface area contributed by atoms with E-state index in [1.165, 1.54) is 25.7 Å². The van der Waals surface area contributed by atoms with Crippen LogP contribution in [-0.4, -0.2) is 24.7 Å². The molecule has 5 nitrogen and oxygen atoms in total. The molecule has 0 radical (unpaired) electrons. The van der Waals surface area contributed by atoms with Gasteiger partial charge in [-0.1, -0.05) is 11.6 Å². The third-order valence-corrected chi connectivity index (χ3v) is 3.03. The van der Waals surface area contributed by atoms with E-state index in [9.17, 15) is 9.90 Å². The second kappa shape index (κ2) is 6.45. The first-order valence-electron chi connectivity index (χ1n) is 5.93. The maximum absolute atomic E-state index is 12.1. The molecule has 1 heterocycles. The third kappa shape index (κ3) is 3.31. The summed E-state index contributed by atoms with van der Waals surface area (Å²) < 4.78 is 9.97. The molecule has 0 aliphatic rings. The number of aliphatic hydroxyl groups excluding tert-OH is 1. The Hall–Kier alpha value is -1.98. The number of halogens is 1. The zero-order chi connectivity index (χ0) is 14.5. The first-order chi connectivity index (χ1) is 9.61. The molecule has 0 saturated carbocycles. The Labute approximate surface area is 121 Å². The van der Waals surface area contributed by atoms with Crippen molar-refractivity contribution in [2.24, 2.45) is 0 Å². The van der Waals surface area contributed by atoms with Crippen molar-refractivity contribution in [3.05, 3.63) is 52.9 Å². The third-order valence-electron chi connectivity index (χ3n) is 2.79. The highest BCUT2D eigenvalue weighted by Gasteiger charge is 2.15. The predicted molar refractivity (Wildman–Crippen MR) is 74.0 cm³/mol. The summed E-state index contributed by atoms with van der Waals surface area (Å²) in [6.07, 6.45) is 2.06. The Morgan fingerprint density at radius 3 is 2.95 bits per heavy atom. The van der Waals surface area contributed by atoms with E-state index in [0.29, 0.717) is 21.9 Å². The van der Waals surface area contributed by atoms with Gasteiger partial charge in [-0.25, -0.2) is 0 Å². The highest BCUT2D eigenvalue weighted by atomic mass is 35.5. The lowest BCUT2D eigenvalue weighted by Gasteiger charge is -2.12. The molecule has 0 spiro atoms. The molecule has 1 aromatic heterocycles. The van der Waals surface area contributed by atoms with Crippen LogP contribution in [0.2, 0.25) is 5.02 Å². The van der Waals surface area contributed by atoms with Gasteiger partial charge in [0.15, 0.2) is 0 Å². The molecule has 20 heavy (non-hydrogen) atoms. The second-order valence-corrected chi connectivity index (χ2v) is 4.56. The molecule has 1 aromatic carbocycles. The van der Waals surface area contributed by atoms with Gasteiger partial charge in [-0.2, -0.15) is 0 Å². The van der Waals surface area contributed by atoms with Crippen LogP contribution in [0.1, 0.15) is 22.0 Å². The van der Waals surface area contributed by atoms with Crippen molar-refractivity contribution in [3.63, 3.8) is 0 Å². The lowest BCUT2D eigenvalue weighted by molar-refractivity contribution is 0.0913. The number of aliphatic hydroxyl groups is 1. The number of nitrogens with one attached hydrogen (secondary N) is 1. The molecule has 0 fully saturated rings. The van der Waals surface area contributed by atoms with Gasteiger partial charge in [0.05, 0.1) is 31.3 Å². The monoisotopic (exact) mass is 295 g/mol. The first-order valence-corrected chi connectivity index (χ1v) is 6.31. The van der Waals surface area contributed by atoms with Crippen molar-refractivity contribution in [1.82, 2.24) is 5.32 Å². The molecule has 0 saturated heterocycles. The minimum Gasteiger partial charge on any atom is -0.496 e.